The van der Waals surface area contributed by atoms with E-state index in [9.17, 15) is 9.18 Å². The number of nitrogen functional groups attached to an aromatic ring is 1. The highest BCUT2D eigenvalue weighted by molar-refractivity contribution is 5.91. The summed E-state index contributed by atoms with van der Waals surface area (Å²) >= 11 is 0. The Morgan fingerprint density at radius 1 is 1.55 bits per heavy atom. The molecule has 2 aromatic rings. The van der Waals surface area contributed by atoms with E-state index in [4.69, 9.17) is 15.2 Å². The molecule has 2 rings (SSSR count). The average molecular weight is 281 g/mol. The van der Waals surface area contributed by atoms with Crippen LogP contribution in [-0.2, 0) is 4.74 Å². The summed E-state index contributed by atoms with van der Waals surface area (Å²) in [6.45, 7) is 1.86. The fraction of sp³-hybridized carbons (Fsp3) is 0.250. The molecule has 20 heavy (non-hydrogen) atoms. The lowest BCUT2D eigenvalue weighted by Gasteiger charge is -2.03. The van der Waals surface area contributed by atoms with Crippen molar-refractivity contribution in [1.82, 2.24) is 10.3 Å². The summed E-state index contributed by atoms with van der Waals surface area (Å²) in [5.41, 5.74) is 5.77. The lowest BCUT2D eigenvalue weighted by Crippen LogP contribution is -2.37. The van der Waals surface area contributed by atoms with Crippen molar-refractivity contribution in [3.63, 3.8) is 0 Å². The lowest BCUT2D eigenvalue weighted by atomic mass is 10.3. The molecule has 0 spiro atoms. The smallest absolute Gasteiger partial charge is 0.383 e. The van der Waals surface area contributed by atoms with Gasteiger partial charge in [0.1, 0.15) is 5.75 Å². The molecule has 0 saturated heterocycles. The highest BCUT2D eigenvalue weighted by Crippen LogP contribution is 2.17. The number of methoxy groups -OCH3 is 1. The number of aromatic amines is 1. The summed E-state index contributed by atoms with van der Waals surface area (Å²) in [5, 5.41) is 6.21. The van der Waals surface area contributed by atoms with E-state index in [1.165, 1.54) is 25.3 Å². The number of nitrogens with two attached hydrogens (primary N) is 1. The second-order valence-electron chi connectivity index (χ2n) is 3.82. The van der Waals surface area contributed by atoms with Gasteiger partial charge in [-0.25, -0.2) is 9.18 Å². The van der Waals surface area contributed by atoms with Gasteiger partial charge in [0.2, 0.25) is 0 Å². The van der Waals surface area contributed by atoms with Gasteiger partial charge in [-0.1, -0.05) is 0 Å². The van der Waals surface area contributed by atoms with Gasteiger partial charge in [0.25, 0.3) is 5.82 Å². The van der Waals surface area contributed by atoms with Crippen molar-refractivity contribution >= 4 is 11.8 Å². The molecule has 106 valence electrons. The first kappa shape index (κ1) is 13.8. The van der Waals surface area contributed by atoms with Crippen molar-refractivity contribution in [3.05, 3.63) is 29.7 Å². The van der Waals surface area contributed by atoms with E-state index in [1.807, 2.05) is 0 Å². The molecule has 3 N–H and O–H groups in total. The Bertz CT molecular complexity index is 642. The topological polar surface area (TPSA) is 94.1 Å². The van der Waals surface area contributed by atoms with Crippen LogP contribution in [0.1, 0.15) is 17.4 Å². The number of nitrogens with zero attached hydrogens (tertiary/aromatic N) is 2. The van der Waals surface area contributed by atoms with Crippen LogP contribution in [-0.4, -0.2) is 30.0 Å². The van der Waals surface area contributed by atoms with Crippen LogP contribution in [0.3, 0.4) is 0 Å². The molecule has 0 unspecified atom stereocenters. The van der Waals surface area contributed by atoms with E-state index in [2.05, 4.69) is 10.3 Å². The van der Waals surface area contributed by atoms with E-state index in [1.54, 1.807) is 6.92 Å². The number of hydrogen-bond donors (Lipinski definition) is 2. The van der Waals surface area contributed by atoms with Crippen molar-refractivity contribution in [3.8, 4) is 11.4 Å². The highest BCUT2D eigenvalue weighted by atomic mass is 19.1. The number of nitrogens with one attached hydrogen (secondary N) is 1. The van der Waals surface area contributed by atoms with E-state index in [0.717, 1.165) is 4.68 Å². The van der Waals surface area contributed by atoms with Crippen LogP contribution >= 0.6 is 0 Å². The van der Waals surface area contributed by atoms with Gasteiger partial charge in [0.15, 0.2) is 11.5 Å². The Balaban J connectivity index is 2.46. The van der Waals surface area contributed by atoms with Crippen LogP contribution in [0.4, 0.5) is 10.2 Å². The molecule has 0 amide bonds. The maximum atomic E-state index is 13.8. The summed E-state index contributed by atoms with van der Waals surface area (Å²) < 4.78 is 24.8. The third-order valence-electron chi connectivity index (χ3n) is 2.61. The number of halogens is 1. The van der Waals surface area contributed by atoms with Crippen molar-refractivity contribution < 1.29 is 23.3 Å². The van der Waals surface area contributed by atoms with Gasteiger partial charge < -0.3 is 15.2 Å². The molecule has 1 aromatic carbocycles. The lowest BCUT2D eigenvalue weighted by molar-refractivity contribution is -0.647. The van der Waals surface area contributed by atoms with Gasteiger partial charge in [0.05, 0.1) is 13.7 Å². The van der Waals surface area contributed by atoms with E-state index in [-0.39, 0.29) is 23.8 Å². The molecule has 0 aliphatic carbocycles. The molecule has 0 radical (unpaired) electrons. The summed E-state index contributed by atoms with van der Waals surface area (Å²) in [7, 11) is 1.46. The largest absolute Gasteiger partial charge is 0.497 e. The first-order valence-corrected chi connectivity index (χ1v) is 5.85. The number of benzene rings is 1. The number of aromatic nitrogens is 3. The molecule has 0 aliphatic heterocycles. The van der Waals surface area contributed by atoms with Gasteiger partial charge in [-0.3, -0.25) is 0 Å². The summed E-state index contributed by atoms with van der Waals surface area (Å²) in [6.07, 6.45) is 0. The zero-order valence-electron chi connectivity index (χ0n) is 11.0. The Kier molecular flexibility index (Phi) is 3.83. The molecule has 7 nitrogen and oxygen atoms in total. The fourth-order valence-corrected chi connectivity index (χ4v) is 1.64. The maximum absolute atomic E-state index is 13.8. The average Bonchev–Trinajstić information content (AvgIpc) is 2.81. The van der Waals surface area contributed by atoms with Crippen LogP contribution in [0.25, 0.3) is 5.69 Å². The van der Waals surface area contributed by atoms with Crippen LogP contribution in [0.2, 0.25) is 0 Å². The highest BCUT2D eigenvalue weighted by Gasteiger charge is 2.27. The van der Waals surface area contributed by atoms with Crippen LogP contribution in [0.5, 0.6) is 5.75 Å². The van der Waals surface area contributed by atoms with Crippen LogP contribution in [0.15, 0.2) is 18.2 Å². The fourth-order valence-electron chi connectivity index (χ4n) is 1.64. The molecule has 0 fully saturated rings. The van der Waals surface area contributed by atoms with Crippen molar-refractivity contribution in [2.75, 3.05) is 19.5 Å². The molecule has 0 saturated carbocycles. The predicted octanol–water partition coefficient (Wildman–Crippen LogP) is 0.593. The number of ether oxygens (including phenoxy) is 2. The van der Waals surface area contributed by atoms with E-state index >= 15 is 0 Å². The minimum Gasteiger partial charge on any atom is -0.497 e. The number of carbonyl (C=O) groups is 1. The van der Waals surface area contributed by atoms with Crippen molar-refractivity contribution in [2.45, 2.75) is 6.92 Å². The normalized spacial score (nSPS) is 10.3. The molecule has 1 heterocycles. The first-order chi connectivity index (χ1) is 9.58. The predicted molar refractivity (Wildman–Crippen MR) is 67.0 cm³/mol. The number of hydrogen-bond acceptors (Lipinski definition) is 5. The van der Waals surface area contributed by atoms with Gasteiger partial charge >= 0.3 is 11.7 Å². The minimum absolute atomic E-state index is 0.0457. The standard InChI is InChI=1S/C12H13FN4O3/c1-3-20-12(18)10-11(14)17(16-15-10)9-6-7(19-2)4-5-8(9)13/h4-6H,3H2,1-2H3,(H2,14,16,18)/p+1. The summed E-state index contributed by atoms with van der Waals surface area (Å²) in [6, 6.07) is 4.13. The molecular weight excluding hydrogens is 267 g/mol. The minimum atomic E-state index is -0.677. The quantitative estimate of drug-likeness (QED) is 0.632. The molecule has 0 aliphatic rings. The van der Waals surface area contributed by atoms with Crippen LogP contribution in [0, 0.1) is 5.82 Å². The van der Waals surface area contributed by atoms with Gasteiger partial charge in [-0.05, 0) is 24.2 Å². The van der Waals surface area contributed by atoms with Crippen LogP contribution < -0.4 is 15.2 Å². The Morgan fingerprint density at radius 2 is 2.30 bits per heavy atom. The summed E-state index contributed by atoms with van der Waals surface area (Å²) in [4.78, 5) is 11.6. The third kappa shape index (κ3) is 2.40. The van der Waals surface area contributed by atoms with Gasteiger partial charge in [-0.15, -0.1) is 9.90 Å². The third-order valence-corrected chi connectivity index (χ3v) is 2.61. The second-order valence-corrected chi connectivity index (χ2v) is 3.82. The van der Waals surface area contributed by atoms with Gasteiger partial charge in [0, 0.05) is 6.07 Å². The number of anilines is 1. The zero-order chi connectivity index (χ0) is 14.7. The first-order valence-electron chi connectivity index (χ1n) is 5.85. The molecule has 0 atom stereocenters. The summed E-state index contributed by atoms with van der Waals surface area (Å²) in [5.74, 6) is -0.818. The SMILES string of the molecule is CCOC(=O)c1n[nH][n+](-c2cc(OC)ccc2F)c1N. The van der Waals surface area contributed by atoms with Crippen molar-refractivity contribution in [2.24, 2.45) is 0 Å². The number of H-pyrrole nitrogens is 1. The maximum Gasteiger partial charge on any atom is 0.383 e. The number of rotatable bonds is 4. The molecule has 8 heteroatoms. The van der Waals surface area contributed by atoms with E-state index < -0.39 is 11.8 Å². The van der Waals surface area contributed by atoms with Gasteiger partial charge in [-0.2, -0.15) is 0 Å². The Labute approximate surface area is 114 Å². The Hall–Kier alpha value is -2.64. The zero-order valence-corrected chi connectivity index (χ0v) is 11.0. The molecule has 0 bridgehead atoms. The van der Waals surface area contributed by atoms with Crippen molar-refractivity contribution in [1.29, 1.82) is 0 Å². The Morgan fingerprint density at radius 3 is 2.95 bits per heavy atom. The number of carbonyl (C=O) groups excluding carboxylic acids is 1. The van der Waals surface area contributed by atoms with E-state index in [0.29, 0.717) is 5.75 Å². The number of esters is 1. The monoisotopic (exact) mass is 281 g/mol. The second kappa shape index (κ2) is 5.55. The molecular formula is C12H14FN4O3+. The molecule has 1 aromatic heterocycles.